The standard InChI is InChI=1S/C15H15NO/c17-13-6-4-11(5-7-13)14-3-1-2-12-10-16-9-8-15(12)14/h1-7,16-17H,8-10H2. The smallest absolute Gasteiger partial charge is 0.115 e. The average molecular weight is 225 g/mol. The summed E-state index contributed by atoms with van der Waals surface area (Å²) in [4.78, 5) is 0. The first kappa shape index (κ1) is 10.4. The molecule has 2 N–H and O–H groups in total. The maximum Gasteiger partial charge on any atom is 0.115 e. The molecule has 0 fully saturated rings. The number of phenolic OH excluding ortho intramolecular Hbond substituents is 1. The molecule has 0 radical (unpaired) electrons. The number of hydrogen-bond donors (Lipinski definition) is 2. The van der Waals surface area contributed by atoms with Crippen molar-refractivity contribution in [2.24, 2.45) is 0 Å². The van der Waals surface area contributed by atoms with E-state index in [4.69, 9.17) is 0 Å². The van der Waals surface area contributed by atoms with E-state index in [1.807, 2.05) is 12.1 Å². The van der Waals surface area contributed by atoms with E-state index in [9.17, 15) is 5.11 Å². The molecule has 0 bridgehead atoms. The summed E-state index contributed by atoms with van der Waals surface area (Å²) in [5, 5.41) is 12.7. The first-order chi connectivity index (χ1) is 8.34. The van der Waals surface area contributed by atoms with Gasteiger partial charge >= 0.3 is 0 Å². The molecular formula is C15H15NO. The van der Waals surface area contributed by atoms with Crippen LogP contribution >= 0.6 is 0 Å². The quantitative estimate of drug-likeness (QED) is 0.782. The Labute approximate surface area is 101 Å². The lowest BCUT2D eigenvalue weighted by atomic mass is 9.91. The van der Waals surface area contributed by atoms with Crippen LogP contribution in [0.5, 0.6) is 5.75 Å². The lowest BCUT2D eigenvalue weighted by Gasteiger charge is -2.20. The van der Waals surface area contributed by atoms with Crippen LogP contribution in [0.1, 0.15) is 11.1 Å². The molecular weight excluding hydrogens is 210 g/mol. The van der Waals surface area contributed by atoms with Gasteiger partial charge in [0.25, 0.3) is 0 Å². The van der Waals surface area contributed by atoms with Crippen LogP contribution in [0, 0.1) is 0 Å². The van der Waals surface area contributed by atoms with Crippen molar-refractivity contribution in [3.8, 4) is 16.9 Å². The topological polar surface area (TPSA) is 32.3 Å². The predicted molar refractivity (Wildman–Crippen MR) is 69.0 cm³/mol. The van der Waals surface area contributed by atoms with Crippen molar-refractivity contribution in [1.82, 2.24) is 5.32 Å². The summed E-state index contributed by atoms with van der Waals surface area (Å²) in [5.41, 5.74) is 5.31. The molecule has 3 rings (SSSR count). The molecule has 2 heteroatoms. The summed E-state index contributed by atoms with van der Waals surface area (Å²) in [6.07, 6.45) is 1.08. The molecule has 2 nitrogen and oxygen atoms in total. The molecule has 0 saturated heterocycles. The van der Waals surface area contributed by atoms with E-state index in [-0.39, 0.29) is 0 Å². The van der Waals surface area contributed by atoms with Crippen molar-refractivity contribution in [3.05, 3.63) is 53.6 Å². The van der Waals surface area contributed by atoms with Gasteiger partial charge in [-0.1, -0.05) is 30.3 Å². The fourth-order valence-electron chi connectivity index (χ4n) is 2.44. The minimum Gasteiger partial charge on any atom is -0.508 e. The van der Waals surface area contributed by atoms with Gasteiger partial charge < -0.3 is 10.4 Å². The van der Waals surface area contributed by atoms with Gasteiger partial charge in [-0.05, 0) is 47.4 Å². The largest absolute Gasteiger partial charge is 0.508 e. The van der Waals surface area contributed by atoms with E-state index in [1.165, 1.54) is 22.3 Å². The van der Waals surface area contributed by atoms with Crippen molar-refractivity contribution in [1.29, 1.82) is 0 Å². The summed E-state index contributed by atoms with van der Waals surface area (Å²) in [6, 6.07) is 13.9. The Balaban J connectivity index is 2.11. The van der Waals surface area contributed by atoms with Crippen LogP contribution in [0.2, 0.25) is 0 Å². The van der Waals surface area contributed by atoms with Gasteiger partial charge in [0.05, 0.1) is 0 Å². The number of hydrogen-bond acceptors (Lipinski definition) is 2. The number of benzene rings is 2. The fourth-order valence-corrected chi connectivity index (χ4v) is 2.44. The van der Waals surface area contributed by atoms with Gasteiger partial charge in [0.1, 0.15) is 5.75 Å². The van der Waals surface area contributed by atoms with Crippen LogP contribution in [0.25, 0.3) is 11.1 Å². The zero-order chi connectivity index (χ0) is 11.7. The van der Waals surface area contributed by atoms with Crippen LogP contribution < -0.4 is 5.32 Å². The fraction of sp³-hybridized carbons (Fsp3) is 0.200. The Morgan fingerprint density at radius 2 is 1.82 bits per heavy atom. The maximum atomic E-state index is 9.33. The van der Waals surface area contributed by atoms with Crippen molar-refractivity contribution >= 4 is 0 Å². The Kier molecular flexibility index (Phi) is 2.57. The minimum atomic E-state index is 0.320. The summed E-state index contributed by atoms with van der Waals surface area (Å²) >= 11 is 0. The van der Waals surface area contributed by atoms with Gasteiger partial charge in [0, 0.05) is 6.54 Å². The Bertz CT molecular complexity index is 531. The zero-order valence-electron chi connectivity index (χ0n) is 9.61. The number of rotatable bonds is 1. The molecule has 86 valence electrons. The summed E-state index contributed by atoms with van der Waals surface area (Å²) in [6.45, 7) is 2.00. The van der Waals surface area contributed by atoms with E-state index in [0.29, 0.717) is 5.75 Å². The van der Waals surface area contributed by atoms with Crippen LogP contribution in [-0.4, -0.2) is 11.7 Å². The van der Waals surface area contributed by atoms with Gasteiger partial charge in [-0.15, -0.1) is 0 Å². The van der Waals surface area contributed by atoms with Crippen LogP contribution in [0.4, 0.5) is 0 Å². The van der Waals surface area contributed by atoms with Gasteiger partial charge in [0.2, 0.25) is 0 Å². The third-order valence-corrected chi connectivity index (χ3v) is 3.32. The van der Waals surface area contributed by atoms with E-state index in [2.05, 4.69) is 23.5 Å². The SMILES string of the molecule is Oc1ccc(-c2cccc3c2CCNC3)cc1. The second kappa shape index (κ2) is 4.22. The van der Waals surface area contributed by atoms with Crippen LogP contribution in [-0.2, 0) is 13.0 Å². The van der Waals surface area contributed by atoms with Crippen molar-refractivity contribution in [3.63, 3.8) is 0 Å². The molecule has 2 aromatic carbocycles. The maximum absolute atomic E-state index is 9.33. The minimum absolute atomic E-state index is 0.320. The van der Waals surface area contributed by atoms with Crippen molar-refractivity contribution < 1.29 is 5.11 Å². The van der Waals surface area contributed by atoms with E-state index < -0.39 is 0 Å². The van der Waals surface area contributed by atoms with Crippen LogP contribution in [0.15, 0.2) is 42.5 Å². The van der Waals surface area contributed by atoms with Gasteiger partial charge in [-0.2, -0.15) is 0 Å². The van der Waals surface area contributed by atoms with Crippen molar-refractivity contribution in [2.75, 3.05) is 6.54 Å². The zero-order valence-corrected chi connectivity index (χ0v) is 9.61. The molecule has 17 heavy (non-hydrogen) atoms. The monoisotopic (exact) mass is 225 g/mol. The van der Waals surface area contributed by atoms with Crippen LogP contribution in [0.3, 0.4) is 0 Å². The highest BCUT2D eigenvalue weighted by Crippen LogP contribution is 2.29. The molecule has 1 aliphatic rings. The third-order valence-electron chi connectivity index (χ3n) is 3.32. The molecule has 0 unspecified atom stereocenters. The first-order valence-corrected chi connectivity index (χ1v) is 5.95. The van der Waals surface area contributed by atoms with Gasteiger partial charge in [-0.3, -0.25) is 0 Å². The molecule has 0 spiro atoms. The van der Waals surface area contributed by atoms with E-state index in [1.54, 1.807) is 12.1 Å². The summed E-state index contributed by atoms with van der Waals surface area (Å²) in [7, 11) is 0. The Morgan fingerprint density at radius 3 is 2.65 bits per heavy atom. The van der Waals surface area contributed by atoms with Gasteiger partial charge in [-0.25, -0.2) is 0 Å². The van der Waals surface area contributed by atoms with E-state index in [0.717, 1.165) is 19.5 Å². The average Bonchev–Trinajstić information content (AvgIpc) is 2.39. The number of nitrogens with one attached hydrogen (secondary N) is 1. The Morgan fingerprint density at radius 1 is 1.00 bits per heavy atom. The highest BCUT2D eigenvalue weighted by atomic mass is 16.3. The first-order valence-electron chi connectivity index (χ1n) is 5.95. The molecule has 1 heterocycles. The number of aromatic hydroxyl groups is 1. The third kappa shape index (κ3) is 1.92. The lowest BCUT2D eigenvalue weighted by Crippen LogP contribution is -2.23. The lowest BCUT2D eigenvalue weighted by molar-refractivity contribution is 0.475. The molecule has 0 aromatic heterocycles. The second-order valence-corrected chi connectivity index (χ2v) is 4.42. The molecule has 1 aliphatic heterocycles. The number of phenols is 1. The highest BCUT2D eigenvalue weighted by Gasteiger charge is 2.13. The molecule has 0 amide bonds. The number of fused-ring (bicyclic) bond motifs is 1. The van der Waals surface area contributed by atoms with Gasteiger partial charge in [0.15, 0.2) is 0 Å². The molecule has 0 aliphatic carbocycles. The summed E-state index contributed by atoms with van der Waals surface area (Å²) < 4.78 is 0. The highest BCUT2D eigenvalue weighted by molar-refractivity contribution is 5.69. The molecule has 2 aromatic rings. The molecule has 0 saturated carbocycles. The predicted octanol–water partition coefficient (Wildman–Crippen LogP) is 2.70. The second-order valence-electron chi connectivity index (χ2n) is 4.42. The Hall–Kier alpha value is -1.80. The normalized spacial score (nSPS) is 14.4. The van der Waals surface area contributed by atoms with Crippen molar-refractivity contribution in [2.45, 2.75) is 13.0 Å². The summed E-state index contributed by atoms with van der Waals surface area (Å²) in [5.74, 6) is 0.320. The van der Waals surface area contributed by atoms with E-state index >= 15 is 0 Å². The molecule has 0 atom stereocenters.